The second-order valence-electron chi connectivity index (χ2n) is 8.67. The number of Topliss-reactive ketones (excluding diaryl/α,β-unsaturated/α-hetero) is 1. The van der Waals surface area contributed by atoms with Crippen LogP contribution in [0.5, 0.6) is 28.7 Å². The predicted octanol–water partition coefficient (Wildman–Crippen LogP) is 6.13. The number of carbonyl (C=O) groups is 2. The van der Waals surface area contributed by atoms with Crippen molar-refractivity contribution in [1.29, 1.82) is 0 Å². The normalized spacial score (nSPS) is 16.4. The van der Waals surface area contributed by atoms with Gasteiger partial charge >= 0.3 is 0 Å². The fourth-order valence-electron chi connectivity index (χ4n) is 4.45. The molecule has 2 atom stereocenters. The molecule has 1 aliphatic rings. The minimum Gasteiger partial charge on any atom is -0.493 e. The largest absolute Gasteiger partial charge is 0.493 e. The molecule has 0 bridgehead atoms. The molecule has 4 rings (SSSR count). The van der Waals surface area contributed by atoms with Gasteiger partial charge in [-0.15, -0.1) is 0 Å². The molecule has 0 spiro atoms. The van der Waals surface area contributed by atoms with Gasteiger partial charge in [0.2, 0.25) is 5.75 Å². The SMILES string of the molecule is C=CCOc1ccc2c(c1C(=O)/C=C/c1cc(OC)c(OC)c(OC)c1)OC(c1ccccc1)C(C)C2=O. The molecular formula is C31H30O7. The lowest BCUT2D eigenvalue weighted by atomic mass is 9.85. The van der Waals surface area contributed by atoms with Gasteiger partial charge < -0.3 is 23.7 Å². The predicted molar refractivity (Wildman–Crippen MR) is 145 cm³/mol. The number of hydrogen-bond donors (Lipinski definition) is 0. The van der Waals surface area contributed by atoms with Gasteiger partial charge in [-0.3, -0.25) is 9.59 Å². The van der Waals surface area contributed by atoms with E-state index in [4.69, 9.17) is 23.7 Å². The van der Waals surface area contributed by atoms with Crippen LogP contribution >= 0.6 is 0 Å². The number of hydrogen-bond acceptors (Lipinski definition) is 7. The average Bonchev–Trinajstić information content (AvgIpc) is 2.95. The molecule has 1 aliphatic heterocycles. The lowest BCUT2D eigenvalue weighted by Crippen LogP contribution is -2.30. The second kappa shape index (κ2) is 11.7. The summed E-state index contributed by atoms with van der Waals surface area (Å²) in [5.41, 5.74) is 2.02. The third kappa shape index (κ3) is 5.13. The fourth-order valence-corrected chi connectivity index (χ4v) is 4.45. The Kier molecular flexibility index (Phi) is 8.16. The van der Waals surface area contributed by atoms with Gasteiger partial charge in [0, 0.05) is 0 Å². The molecule has 0 aliphatic carbocycles. The standard InChI is InChI=1S/C31H30O7/c1-6-16-37-24-15-13-22-28(33)19(2)29(21-10-8-7-9-11-21)38-30(22)27(24)23(32)14-12-20-17-25(34-3)31(36-5)26(18-20)35-4/h6-15,17-19,29H,1,16H2,2-5H3/b14-12+. The summed E-state index contributed by atoms with van der Waals surface area (Å²) in [4.78, 5) is 27.0. The van der Waals surface area contributed by atoms with E-state index in [1.807, 2.05) is 37.3 Å². The van der Waals surface area contributed by atoms with Gasteiger partial charge in [0.05, 0.1) is 32.8 Å². The molecule has 0 saturated heterocycles. The van der Waals surface area contributed by atoms with Crippen LogP contribution in [-0.4, -0.2) is 39.5 Å². The molecule has 1 heterocycles. The van der Waals surface area contributed by atoms with E-state index in [-0.39, 0.29) is 29.5 Å². The van der Waals surface area contributed by atoms with Gasteiger partial charge in [0.1, 0.15) is 29.8 Å². The van der Waals surface area contributed by atoms with Crippen LogP contribution in [0.25, 0.3) is 6.08 Å². The smallest absolute Gasteiger partial charge is 0.203 e. The van der Waals surface area contributed by atoms with Crippen molar-refractivity contribution >= 4 is 17.6 Å². The number of rotatable bonds is 10. The number of carbonyl (C=O) groups excluding carboxylic acids is 2. The Hall–Kier alpha value is -4.52. The maximum absolute atomic E-state index is 13.7. The highest BCUT2D eigenvalue weighted by Crippen LogP contribution is 2.44. The number of ether oxygens (including phenoxy) is 5. The summed E-state index contributed by atoms with van der Waals surface area (Å²) < 4.78 is 28.4. The van der Waals surface area contributed by atoms with E-state index in [0.29, 0.717) is 34.1 Å². The fraction of sp³-hybridized carbons (Fsp3) is 0.226. The first kappa shape index (κ1) is 26.5. The number of ketones is 2. The van der Waals surface area contributed by atoms with E-state index in [0.717, 1.165) is 5.56 Å². The Morgan fingerprint density at radius 3 is 2.26 bits per heavy atom. The lowest BCUT2D eigenvalue weighted by molar-refractivity contribution is 0.0684. The molecule has 0 saturated carbocycles. The highest BCUT2D eigenvalue weighted by Gasteiger charge is 2.38. The topological polar surface area (TPSA) is 80.3 Å². The number of benzene rings is 3. The van der Waals surface area contributed by atoms with Crippen LogP contribution in [0, 0.1) is 5.92 Å². The Labute approximate surface area is 222 Å². The third-order valence-corrected chi connectivity index (χ3v) is 6.34. The first-order chi connectivity index (χ1) is 18.4. The second-order valence-corrected chi connectivity index (χ2v) is 8.67. The molecule has 0 aromatic heterocycles. The van der Waals surface area contributed by atoms with Crippen molar-refractivity contribution in [3.05, 3.63) is 95.6 Å². The van der Waals surface area contributed by atoms with Crippen molar-refractivity contribution in [2.24, 2.45) is 5.92 Å². The Morgan fingerprint density at radius 1 is 0.974 bits per heavy atom. The van der Waals surface area contributed by atoms with E-state index in [1.54, 1.807) is 36.4 Å². The van der Waals surface area contributed by atoms with Gasteiger partial charge in [0.15, 0.2) is 23.1 Å². The summed E-state index contributed by atoms with van der Waals surface area (Å²) in [6.07, 6.45) is 4.07. The molecular weight excluding hydrogens is 484 g/mol. The van der Waals surface area contributed by atoms with Crippen LogP contribution in [-0.2, 0) is 0 Å². The van der Waals surface area contributed by atoms with Crippen molar-refractivity contribution in [1.82, 2.24) is 0 Å². The highest BCUT2D eigenvalue weighted by atomic mass is 16.5. The minimum atomic E-state index is -0.545. The summed E-state index contributed by atoms with van der Waals surface area (Å²) in [5, 5.41) is 0. The number of allylic oxidation sites excluding steroid dienone is 1. The van der Waals surface area contributed by atoms with E-state index < -0.39 is 12.0 Å². The van der Waals surface area contributed by atoms with E-state index >= 15 is 0 Å². The molecule has 0 radical (unpaired) electrons. The monoisotopic (exact) mass is 514 g/mol. The van der Waals surface area contributed by atoms with Crippen LogP contribution in [0.3, 0.4) is 0 Å². The first-order valence-corrected chi connectivity index (χ1v) is 12.1. The molecule has 0 N–H and O–H groups in total. The Balaban J connectivity index is 1.78. The van der Waals surface area contributed by atoms with Crippen LogP contribution < -0.4 is 23.7 Å². The molecule has 0 fully saturated rings. The van der Waals surface area contributed by atoms with E-state index in [2.05, 4.69) is 6.58 Å². The highest BCUT2D eigenvalue weighted by molar-refractivity contribution is 6.14. The van der Waals surface area contributed by atoms with Gasteiger partial charge in [-0.25, -0.2) is 0 Å². The summed E-state index contributed by atoms with van der Waals surface area (Å²) in [5.74, 6) is 0.966. The molecule has 38 heavy (non-hydrogen) atoms. The van der Waals surface area contributed by atoms with Crippen molar-refractivity contribution in [2.45, 2.75) is 13.0 Å². The van der Waals surface area contributed by atoms with Crippen LogP contribution in [0.15, 0.2) is 73.3 Å². The van der Waals surface area contributed by atoms with E-state index in [9.17, 15) is 9.59 Å². The zero-order chi connectivity index (χ0) is 27.2. The van der Waals surface area contributed by atoms with Crippen LogP contribution in [0.4, 0.5) is 0 Å². The van der Waals surface area contributed by atoms with Gasteiger partial charge in [-0.2, -0.15) is 0 Å². The zero-order valence-electron chi connectivity index (χ0n) is 21.9. The molecule has 3 aromatic rings. The zero-order valence-corrected chi connectivity index (χ0v) is 21.9. The van der Waals surface area contributed by atoms with Crippen molar-refractivity contribution in [3.63, 3.8) is 0 Å². The quantitative estimate of drug-likeness (QED) is 0.183. The van der Waals surface area contributed by atoms with Crippen LogP contribution in [0.2, 0.25) is 0 Å². The third-order valence-electron chi connectivity index (χ3n) is 6.34. The maximum atomic E-state index is 13.7. The number of fused-ring (bicyclic) bond motifs is 1. The molecule has 0 amide bonds. The minimum absolute atomic E-state index is 0.0990. The first-order valence-electron chi connectivity index (χ1n) is 12.1. The molecule has 7 heteroatoms. The van der Waals surface area contributed by atoms with Crippen molar-refractivity contribution in [3.8, 4) is 28.7 Å². The van der Waals surface area contributed by atoms with E-state index in [1.165, 1.54) is 27.4 Å². The van der Waals surface area contributed by atoms with Crippen molar-refractivity contribution in [2.75, 3.05) is 27.9 Å². The molecule has 196 valence electrons. The summed E-state index contributed by atoms with van der Waals surface area (Å²) >= 11 is 0. The summed E-state index contributed by atoms with van der Waals surface area (Å²) in [6.45, 7) is 5.70. The molecule has 3 aromatic carbocycles. The van der Waals surface area contributed by atoms with Gasteiger partial charge in [-0.05, 0) is 41.5 Å². The molecule has 2 unspecified atom stereocenters. The Bertz CT molecular complexity index is 1350. The maximum Gasteiger partial charge on any atom is 0.203 e. The average molecular weight is 515 g/mol. The van der Waals surface area contributed by atoms with Gasteiger partial charge in [-0.1, -0.05) is 56.0 Å². The van der Waals surface area contributed by atoms with Gasteiger partial charge in [0.25, 0.3) is 0 Å². The lowest BCUT2D eigenvalue weighted by Gasteiger charge is -2.32. The Morgan fingerprint density at radius 2 is 1.66 bits per heavy atom. The summed E-state index contributed by atoms with van der Waals surface area (Å²) in [7, 11) is 4.56. The summed E-state index contributed by atoms with van der Waals surface area (Å²) in [6, 6.07) is 16.2. The van der Waals surface area contributed by atoms with Crippen LogP contribution in [0.1, 0.15) is 44.9 Å². The van der Waals surface area contributed by atoms with Crippen molar-refractivity contribution < 1.29 is 33.3 Å². The molecule has 7 nitrogen and oxygen atoms in total. The number of methoxy groups -OCH3 is 3.